The number of allylic oxidation sites excluding steroid dienone is 2. The fraction of sp³-hybridized carbons (Fsp3) is 0.538. The van der Waals surface area contributed by atoms with Gasteiger partial charge in [-0.05, 0) is 31.4 Å². The van der Waals surface area contributed by atoms with Gasteiger partial charge in [-0.3, -0.25) is 9.59 Å². The lowest BCUT2D eigenvalue weighted by Crippen LogP contribution is -2.58. The Labute approximate surface area is 106 Å². The van der Waals surface area contributed by atoms with Gasteiger partial charge in [-0.2, -0.15) is 0 Å². The molecule has 0 aromatic carbocycles. The van der Waals surface area contributed by atoms with E-state index in [-0.39, 0.29) is 11.7 Å². The van der Waals surface area contributed by atoms with Crippen LogP contribution in [0.1, 0.15) is 38.5 Å². The molecule has 2 rings (SSSR count). The molecule has 3 N–H and O–H groups in total. The van der Waals surface area contributed by atoms with Crippen molar-refractivity contribution in [1.29, 1.82) is 0 Å². The lowest BCUT2D eigenvalue weighted by atomic mass is 9.81. The summed E-state index contributed by atoms with van der Waals surface area (Å²) in [5.74, 6) is -0.578. The van der Waals surface area contributed by atoms with Crippen molar-refractivity contribution < 1.29 is 14.3 Å². The number of carbonyl (C=O) groups excluding carboxylic acids is 2. The molecular formula is C13H18N2O3. The molecule has 1 aliphatic heterocycles. The Hall–Kier alpha value is -1.78. The van der Waals surface area contributed by atoms with Gasteiger partial charge >= 0.3 is 0 Å². The van der Waals surface area contributed by atoms with Crippen molar-refractivity contribution in [3.8, 4) is 0 Å². The second-order valence-corrected chi connectivity index (χ2v) is 4.75. The molecule has 98 valence electrons. The lowest BCUT2D eigenvalue weighted by molar-refractivity contribution is -0.132. The largest absolute Gasteiger partial charge is 0.460 e. The minimum atomic E-state index is -0.902. The Kier molecular flexibility index (Phi) is 3.69. The summed E-state index contributed by atoms with van der Waals surface area (Å²) in [6.07, 6.45) is 9.74. The molecule has 1 heterocycles. The third-order valence-corrected chi connectivity index (χ3v) is 3.49. The molecule has 0 saturated heterocycles. The standard InChI is InChI=1S/C13H18N2O3/c14-12(17)13(7-3-1-4-8-13)15-11(16)10-6-2-5-9-18-10/h5-6,9H,1-4,7-8H2,(H2,14,17)(H,15,16). The van der Waals surface area contributed by atoms with E-state index in [4.69, 9.17) is 10.5 Å². The average Bonchev–Trinajstić information content (AvgIpc) is 2.40. The first kappa shape index (κ1) is 12.7. The van der Waals surface area contributed by atoms with Crippen molar-refractivity contribution in [2.75, 3.05) is 0 Å². The molecule has 0 unspecified atom stereocenters. The van der Waals surface area contributed by atoms with E-state index in [1.807, 2.05) is 0 Å². The number of amides is 2. The number of hydrogen-bond acceptors (Lipinski definition) is 3. The molecule has 1 fully saturated rings. The molecule has 5 nitrogen and oxygen atoms in total. The van der Waals surface area contributed by atoms with E-state index in [0.717, 1.165) is 19.3 Å². The maximum absolute atomic E-state index is 12.0. The number of primary amides is 1. The zero-order chi connectivity index (χ0) is 13.0. The molecule has 2 aliphatic rings. The third kappa shape index (κ3) is 2.55. The van der Waals surface area contributed by atoms with E-state index in [9.17, 15) is 9.59 Å². The monoisotopic (exact) mass is 250 g/mol. The predicted molar refractivity (Wildman–Crippen MR) is 66.1 cm³/mol. The third-order valence-electron chi connectivity index (χ3n) is 3.49. The van der Waals surface area contributed by atoms with Crippen LogP contribution in [-0.2, 0) is 14.3 Å². The van der Waals surface area contributed by atoms with Crippen LogP contribution in [0.2, 0.25) is 0 Å². The fourth-order valence-corrected chi connectivity index (χ4v) is 2.41. The maximum atomic E-state index is 12.0. The van der Waals surface area contributed by atoms with Crippen LogP contribution in [0.15, 0.2) is 24.2 Å². The summed E-state index contributed by atoms with van der Waals surface area (Å²) < 4.78 is 5.12. The van der Waals surface area contributed by atoms with Crippen molar-refractivity contribution in [1.82, 2.24) is 5.32 Å². The van der Waals surface area contributed by atoms with Crippen LogP contribution >= 0.6 is 0 Å². The number of carbonyl (C=O) groups is 2. The van der Waals surface area contributed by atoms with Gasteiger partial charge in [0.2, 0.25) is 5.91 Å². The molecule has 0 spiro atoms. The van der Waals surface area contributed by atoms with Crippen LogP contribution in [0, 0.1) is 0 Å². The van der Waals surface area contributed by atoms with Crippen molar-refractivity contribution in [3.05, 3.63) is 24.2 Å². The van der Waals surface area contributed by atoms with Crippen molar-refractivity contribution >= 4 is 11.8 Å². The van der Waals surface area contributed by atoms with Crippen LogP contribution in [0.4, 0.5) is 0 Å². The molecule has 1 aliphatic carbocycles. The van der Waals surface area contributed by atoms with Crippen LogP contribution in [0.3, 0.4) is 0 Å². The van der Waals surface area contributed by atoms with Crippen LogP contribution in [0.5, 0.6) is 0 Å². The lowest BCUT2D eigenvalue weighted by Gasteiger charge is -2.35. The van der Waals surface area contributed by atoms with E-state index in [1.165, 1.54) is 6.26 Å². The topological polar surface area (TPSA) is 81.4 Å². The molecule has 0 atom stereocenters. The highest BCUT2D eigenvalue weighted by Crippen LogP contribution is 2.28. The number of nitrogens with one attached hydrogen (secondary N) is 1. The highest BCUT2D eigenvalue weighted by atomic mass is 16.5. The van der Waals surface area contributed by atoms with E-state index < -0.39 is 11.4 Å². The molecule has 2 amide bonds. The summed E-state index contributed by atoms with van der Waals surface area (Å²) >= 11 is 0. The van der Waals surface area contributed by atoms with E-state index >= 15 is 0 Å². The van der Waals surface area contributed by atoms with E-state index in [1.54, 1.807) is 12.2 Å². The Bertz CT molecular complexity index is 406. The highest BCUT2D eigenvalue weighted by molar-refractivity contribution is 5.97. The van der Waals surface area contributed by atoms with Gasteiger partial charge in [0.05, 0.1) is 6.26 Å². The first-order valence-corrected chi connectivity index (χ1v) is 6.28. The predicted octanol–water partition coefficient (Wildman–Crippen LogP) is 1.11. The van der Waals surface area contributed by atoms with Gasteiger partial charge in [0.25, 0.3) is 5.91 Å². The van der Waals surface area contributed by atoms with Crippen LogP contribution in [0.25, 0.3) is 0 Å². The summed E-state index contributed by atoms with van der Waals surface area (Å²) in [7, 11) is 0. The Morgan fingerprint density at radius 1 is 1.28 bits per heavy atom. The van der Waals surface area contributed by atoms with Gasteiger partial charge in [-0.15, -0.1) is 0 Å². The molecule has 0 aromatic rings. The highest BCUT2D eigenvalue weighted by Gasteiger charge is 2.39. The van der Waals surface area contributed by atoms with Gasteiger partial charge in [-0.1, -0.05) is 19.3 Å². The van der Waals surface area contributed by atoms with Gasteiger partial charge in [0.1, 0.15) is 5.54 Å². The van der Waals surface area contributed by atoms with Gasteiger partial charge in [0, 0.05) is 0 Å². The Balaban J connectivity index is 2.07. The molecule has 0 aromatic heterocycles. The maximum Gasteiger partial charge on any atom is 0.287 e. The summed E-state index contributed by atoms with van der Waals surface area (Å²) in [4.78, 5) is 23.7. The quantitative estimate of drug-likeness (QED) is 0.787. The second-order valence-electron chi connectivity index (χ2n) is 4.75. The van der Waals surface area contributed by atoms with Crippen molar-refractivity contribution in [2.45, 2.75) is 44.1 Å². The van der Waals surface area contributed by atoms with Gasteiger partial charge < -0.3 is 15.8 Å². The SMILES string of the molecule is NC(=O)C1(NC(=O)C2=CCC=CO2)CCCCC1. The van der Waals surface area contributed by atoms with Gasteiger partial charge in [0.15, 0.2) is 5.76 Å². The van der Waals surface area contributed by atoms with Crippen molar-refractivity contribution in [2.24, 2.45) is 5.73 Å². The molecule has 5 heteroatoms. The Morgan fingerprint density at radius 2 is 2.00 bits per heavy atom. The average molecular weight is 250 g/mol. The fourth-order valence-electron chi connectivity index (χ4n) is 2.41. The van der Waals surface area contributed by atoms with Gasteiger partial charge in [-0.25, -0.2) is 0 Å². The first-order valence-electron chi connectivity index (χ1n) is 6.28. The van der Waals surface area contributed by atoms with E-state index in [2.05, 4.69) is 5.32 Å². The number of rotatable bonds is 3. The summed E-state index contributed by atoms with van der Waals surface area (Å²) in [5, 5.41) is 2.76. The first-order chi connectivity index (χ1) is 8.64. The summed E-state index contributed by atoms with van der Waals surface area (Å²) in [6, 6.07) is 0. The minimum absolute atomic E-state index is 0.240. The number of ether oxygens (including phenoxy) is 1. The smallest absolute Gasteiger partial charge is 0.287 e. The zero-order valence-corrected chi connectivity index (χ0v) is 10.3. The molecular weight excluding hydrogens is 232 g/mol. The molecule has 0 radical (unpaired) electrons. The Morgan fingerprint density at radius 3 is 2.56 bits per heavy atom. The van der Waals surface area contributed by atoms with E-state index in [0.29, 0.717) is 19.3 Å². The number of nitrogens with two attached hydrogens (primary N) is 1. The number of hydrogen-bond donors (Lipinski definition) is 2. The normalized spacial score (nSPS) is 21.7. The molecule has 1 saturated carbocycles. The second kappa shape index (κ2) is 5.25. The summed E-state index contributed by atoms with van der Waals surface area (Å²) in [5.41, 5.74) is 4.55. The zero-order valence-electron chi connectivity index (χ0n) is 10.3. The van der Waals surface area contributed by atoms with Crippen molar-refractivity contribution in [3.63, 3.8) is 0 Å². The summed E-state index contributed by atoms with van der Waals surface area (Å²) in [6.45, 7) is 0. The molecule has 0 bridgehead atoms. The van der Waals surface area contributed by atoms with Crippen LogP contribution in [-0.4, -0.2) is 17.4 Å². The molecule has 18 heavy (non-hydrogen) atoms. The van der Waals surface area contributed by atoms with Crippen LogP contribution < -0.4 is 11.1 Å². The minimum Gasteiger partial charge on any atom is -0.460 e.